The highest BCUT2D eigenvalue weighted by atomic mass is 32.2. The zero-order chi connectivity index (χ0) is 11.5. The number of carbonyl (C=O) groups excluding carboxylic acids is 1. The van der Waals surface area contributed by atoms with Crippen molar-refractivity contribution < 1.29 is 4.79 Å². The average Bonchev–Trinajstić information content (AvgIpc) is 2.47. The van der Waals surface area contributed by atoms with E-state index in [0.29, 0.717) is 17.1 Å². The number of Topliss-reactive ketones (excluding diaryl/α,β-unsaturated/α-hetero) is 1. The molecule has 3 unspecified atom stereocenters. The molecule has 1 saturated carbocycles. The molecule has 1 aliphatic heterocycles. The van der Waals surface area contributed by atoms with Crippen molar-refractivity contribution in [2.45, 2.75) is 63.3 Å². The fraction of sp³-hybridized carbons (Fsp3) is 0.923. The number of hydrogen-bond donors (Lipinski definition) is 0. The van der Waals surface area contributed by atoms with Gasteiger partial charge in [-0.1, -0.05) is 19.8 Å². The molecule has 2 rings (SSSR count). The van der Waals surface area contributed by atoms with Gasteiger partial charge in [0, 0.05) is 30.0 Å². The summed E-state index contributed by atoms with van der Waals surface area (Å²) < 4.78 is 0. The van der Waals surface area contributed by atoms with Gasteiger partial charge in [-0.15, -0.1) is 0 Å². The van der Waals surface area contributed by atoms with Crippen molar-refractivity contribution in [2.75, 3.05) is 12.3 Å². The summed E-state index contributed by atoms with van der Waals surface area (Å²) in [5.41, 5.74) is 0. The molecule has 16 heavy (non-hydrogen) atoms. The van der Waals surface area contributed by atoms with Crippen molar-refractivity contribution in [1.82, 2.24) is 4.90 Å². The van der Waals surface area contributed by atoms with Crippen LogP contribution in [-0.2, 0) is 4.79 Å². The van der Waals surface area contributed by atoms with Crippen LogP contribution in [0.5, 0.6) is 0 Å². The fourth-order valence-corrected chi connectivity index (χ4v) is 4.01. The van der Waals surface area contributed by atoms with Gasteiger partial charge in [0.15, 0.2) is 0 Å². The molecule has 0 N–H and O–H groups in total. The Kier molecular flexibility index (Phi) is 4.31. The number of carbonyl (C=O) groups is 1. The van der Waals surface area contributed by atoms with Crippen LogP contribution >= 0.6 is 11.8 Å². The number of ketones is 1. The lowest BCUT2D eigenvalue weighted by Crippen LogP contribution is -2.52. The third-order valence-electron chi connectivity index (χ3n) is 4.11. The van der Waals surface area contributed by atoms with Crippen LogP contribution in [0.3, 0.4) is 0 Å². The van der Waals surface area contributed by atoms with Crippen molar-refractivity contribution >= 4 is 17.5 Å². The summed E-state index contributed by atoms with van der Waals surface area (Å²) in [5.74, 6) is 1.69. The summed E-state index contributed by atoms with van der Waals surface area (Å²) in [4.78, 5) is 14.6. The number of nitrogens with zero attached hydrogens (tertiary/aromatic N) is 1. The Morgan fingerprint density at radius 2 is 2.06 bits per heavy atom. The van der Waals surface area contributed by atoms with Crippen molar-refractivity contribution in [1.29, 1.82) is 0 Å². The van der Waals surface area contributed by atoms with Gasteiger partial charge in [0.05, 0.1) is 6.04 Å². The number of thioether (sulfide) groups is 1. The third kappa shape index (κ3) is 2.62. The molecule has 0 aromatic rings. The molecule has 2 nitrogen and oxygen atoms in total. The van der Waals surface area contributed by atoms with Gasteiger partial charge in [-0.3, -0.25) is 9.69 Å². The first-order chi connectivity index (χ1) is 7.70. The lowest BCUT2D eigenvalue weighted by Gasteiger charge is -2.41. The van der Waals surface area contributed by atoms with Gasteiger partial charge in [0.25, 0.3) is 0 Å². The van der Waals surface area contributed by atoms with Gasteiger partial charge in [0.1, 0.15) is 5.78 Å². The van der Waals surface area contributed by atoms with E-state index < -0.39 is 0 Å². The van der Waals surface area contributed by atoms with E-state index in [-0.39, 0.29) is 6.04 Å². The van der Waals surface area contributed by atoms with Gasteiger partial charge in [0.2, 0.25) is 0 Å². The molecule has 0 spiro atoms. The summed E-state index contributed by atoms with van der Waals surface area (Å²) in [5, 5.41) is 0.671. The van der Waals surface area contributed by atoms with Crippen molar-refractivity contribution in [2.24, 2.45) is 0 Å². The second kappa shape index (κ2) is 5.54. The zero-order valence-corrected chi connectivity index (χ0v) is 11.3. The highest BCUT2D eigenvalue weighted by Crippen LogP contribution is 2.29. The molecule has 1 saturated heterocycles. The van der Waals surface area contributed by atoms with Crippen LogP contribution in [0.4, 0.5) is 0 Å². The van der Waals surface area contributed by atoms with Crippen LogP contribution < -0.4 is 0 Å². The van der Waals surface area contributed by atoms with Crippen LogP contribution in [0.25, 0.3) is 0 Å². The molecule has 0 aromatic heterocycles. The minimum Gasteiger partial charge on any atom is -0.298 e. The van der Waals surface area contributed by atoms with Crippen LogP contribution in [0.2, 0.25) is 0 Å². The van der Waals surface area contributed by atoms with E-state index in [4.69, 9.17) is 0 Å². The Morgan fingerprint density at radius 1 is 1.25 bits per heavy atom. The molecule has 3 atom stereocenters. The Balaban J connectivity index is 2.05. The minimum absolute atomic E-state index is 0.237. The molecule has 0 amide bonds. The quantitative estimate of drug-likeness (QED) is 0.658. The first kappa shape index (κ1) is 12.4. The SMILES string of the molecule is CC1SCCN(C2CCCCCC2=O)C1C. The summed E-state index contributed by atoms with van der Waals surface area (Å²) in [6, 6.07) is 0.798. The molecule has 1 heterocycles. The molecule has 1 aliphatic carbocycles. The molecule has 3 heteroatoms. The fourth-order valence-electron chi connectivity index (χ4n) is 2.89. The summed E-state index contributed by atoms with van der Waals surface area (Å²) in [6.07, 6.45) is 5.51. The van der Waals surface area contributed by atoms with Gasteiger partial charge in [-0.05, 0) is 19.8 Å². The van der Waals surface area contributed by atoms with E-state index in [1.807, 2.05) is 11.8 Å². The highest BCUT2D eigenvalue weighted by Gasteiger charge is 2.34. The predicted octanol–water partition coefficient (Wildman–Crippen LogP) is 2.71. The molecular formula is C13H23NOS. The van der Waals surface area contributed by atoms with Crippen LogP contribution in [0, 0.1) is 0 Å². The zero-order valence-electron chi connectivity index (χ0n) is 10.4. The largest absolute Gasteiger partial charge is 0.298 e. The maximum absolute atomic E-state index is 12.1. The predicted molar refractivity (Wildman–Crippen MR) is 70.0 cm³/mol. The van der Waals surface area contributed by atoms with Crippen LogP contribution in [0.1, 0.15) is 46.0 Å². The highest BCUT2D eigenvalue weighted by molar-refractivity contribution is 8.00. The maximum atomic E-state index is 12.1. The van der Waals surface area contributed by atoms with E-state index in [9.17, 15) is 4.79 Å². The van der Waals surface area contributed by atoms with Crippen LogP contribution in [-0.4, -0.2) is 40.3 Å². The Hall–Kier alpha value is -0.0200. The monoisotopic (exact) mass is 241 g/mol. The maximum Gasteiger partial charge on any atom is 0.149 e. The second-order valence-electron chi connectivity index (χ2n) is 5.14. The lowest BCUT2D eigenvalue weighted by atomic mass is 10.0. The van der Waals surface area contributed by atoms with Gasteiger partial charge >= 0.3 is 0 Å². The summed E-state index contributed by atoms with van der Waals surface area (Å²) in [6.45, 7) is 5.68. The van der Waals surface area contributed by atoms with Crippen molar-refractivity contribution in [3.63, 3.8) is 0 Å². The molecule has 92 valence electrons. The van der Waals surface area contributed by atoms with E-state index in [0.717, 1.165) is 25.8 Å². The molecule has 0 aromatic carbocycles. The number of hydrogen-bond acceptors (Lipinski definition) is 3. The van der Waals surface area contributed by atoms with E-state index in [1.165, 1.54) is 18.6 Å². The molecule has 2 fully saturated rings. The Labute approximate surface area is 103 Å². The van der Waals surface area contributed by atoms with Gasteiger partial charge < -0.3 is 0 Å². The van der Waals surface area contributed by atoms with Crippen molar-refractivity contribution in [3.05, 3.63) is 0 Å². The standard InChI is InChI=1S/C13H23NOS/c1-10-11(2)16-9-8-14(10)12-6-4-3-5-7-13(12)15/h10-12H,3-9H2,1-2H3. The van der Waals surface area contributed by atoms with E-state index in [2.05, 4.69) is 18.7 Å². The number of rotatable bonds is 1. The summed E-state index contributed by atoms with van der Waals surface area (Å²) >= 11 is 2.05. The molecule has 0 bridgehead atoms. The van der Waals surface area contributed by atoms with Gasteiger partial charge in [-0.2, -0.15) is 11.8 Å². The lowest BCUT2D eigenvalue weighted by molar-refractivity contribution is -0.125. The normalized spacial score (nSPS) is 38.4. The molecule has 2 aliphatic rings. The van der Waals surface area contributed by atoms with Crippen molar-refractivity contribution in [3.8, 4) is 0 Å². The van der Waals surface area contributed by atoms with E-state index >= 15 is 0 Å². The van der Waals surface area contributed by atoms with Crippen LogP contribution in [0.15, 0.2) is 0 Å². The Bertz CT molecular complexity index is 256. The van der Waals surface area contributed by atoms with E-state index in [1.54, 1.807) is 0 Å². The topological polar surface area (TPSA) is 20.3 Å². The first-order valence-electron chi connectivity index (χ1n) is 6.60. The third-order valence-corrected chi connectivity index (χ3v) is 5.44. The molecule has 0 radical (unpaired) electrons. The second-order valence-corrected chi connectivity index (χ2v) is 6.62. The average molecular weight is 241 g/mol. The minimum atomic E-state index is 0.237. The molecular weight excluding hydrogens is 218 g/mol. The van der Waals surface area contributed by atoms with Gasteiger partial charge in [-0.25, -0.2) is 0 Å². The Morgan fingerprint density at radius 3 is 2.88 bits per heavy atom. The summed E-state index contributed by atoms with van der Waals surface area (Å²) in [7, 11) is 0. The smallest absolute Gasteiger partial charge is 0.149 e. The first-order valence-corrected chi connectivity index (χ1v) is 7.65.